The number of rotatable bonds is 12. The molecule has 0 amide bonds. The number of aromatic carboxylic acids is 1. The maximum Gasteiger partial charge on any atom is 0.335 e. The van der Waals surface area contributed by atoms with Gasteiger partial charge >= 0.3 is 5.97 Å². The number of carboxylic acids is 1. The molecule has 3 rings (SSSR count). The molecule has 2 N–H and O–H groups in total. The summed E-state index contributed by atoms with van der Waals surface area (Å²) in [6.45, 7) is 8.74. The van der Waals surface area contributed by atoms with Gasteiger partial charge in [-0.15, -0.1) is 0 Å². The van der Waals surface area contributed by atoms with Crippen molar-refractivity contribution in [2.45, 2.75) is 78.6 Å². The van der Waals surface area contributed by atoms with Gasteiger partial charge in [-0.2, -0.15) is 0 Å². The highest BCUT2D eigenvalue weighted by molar-refractivity contribution is 5.92. The summed E-state index contributed by atoms with van der Waals surface area (Å²) in [5.41, 5.74) is 1.81. The molecule has 1 aliphatic rings. The van der Waals surface area contributed by atoms with Crippen LogP contribution in [0.3, 0.4) is 0 Å². The second-order valence-electron chi connectivity index (χ2n) is 8.58. The van der Waals surface area contributed by atoms with Crippen LogP contribution in [-0.2, 0) is 0 Å². The van der Waals surface area contributed by atoms with E-state index >= 15 is 0 Å². The number of hydrogen-bond acceptors (Lipinski definition) is 4. The van der Waals surface area contributed by atoms with Crippen molar-refractivity contribution in [1.82, 2.24) is 0 Å². The average molecular weight is 455 g/mol. The van der Waals surface area contributed by atoms with Crippen LogP contribution in [0.1, 0.15) is 88.9 Å². The number of para-hydroxylation sites is 1. The van der Waals surface area contributed by atoms with E-state index in [-0.39, 0.29) is 5.56 Å². The Balaban J connectivity index is 0.000000678. The van der Waals surface area contributed by atoms with E-state index in [1.807, 2.05) is 37.3 Å². The van der Waals surface area contributed by atoms with Crippen molar-refractivity contribution in [2.75, 3.05) is 29.9 Å². The molecule has 0 saturated heterocycles. The molecule has 0 unspecified atom stereocenters. The highest BCUT2D eigenvalue weighted by Gasteiger charge is 2.20. The van der Waals surface area contributed by atoms with Gasteiger partial charge in [-0.3, -0.25) is 0 Å². The molecule has 0 spiro atoms. The summed E-state index contributed by atoms with van der Waals surface area (Å²) in [5, 5.41) is 12.9. The van der Waals surface area contributed by atoms with E-state index in [0.717, 1.165) is 50.2 Å². The summed E-state index contributed by atoms with van der Waals surface area (Å²) in [7, 11) is 0. The van der Waals surface area contributed by atoms with Gasteiger partial charge in [0.15, 0.2) is 5.75 Å². The SMILES string of the molecule is C1CCCC1.CCCCN(CCCC)c1cc(C(=O)O)cc(NCC)c1Oc1ccccc1. The first-order chi connectivity index (χ1) is 16.1. The fourth-order valence-electron chi connectivity index (χ4n) is 3.94. The lowest BCUT2D eigenvalue weighted by atomic mass is 10.1. The van der Waals surface area contributed by atoms with E-state index in [1.165, 1.54) is 32.1 Å². The van der Waals surface area contributed by atoms with Gasteiger partial charge in [0.25, 0.3) is 0 Å². The molecule has 0 atom stereocenters. The summed E-state index contributed by atoms with van der Waals surface area (Å²) in [6.07, 6.45) is 11.7. The van der Waals surface area contributed by atoms with E-state index in [0.29, 0.717) is 18.0 Å². The Labute approximate surface area is 200 Å². The van der Waals surface area contributed by atoms with Crippen LogP contribution in [0.4, 0.5) is 11.4 Å². The minimum absolute atomic E-state index is 0.268. The molecule has 1 fully saturated rings. The van der Waals surface area contributed by atoms with Gasteiger partial charge in [0.2, 0.25) is 0 Å². The van der Waals surface area contributed by atoms with Gasteiger partial charge in [0, 0.05) is 19.6 Å². The molecule has 0 aliphatic heterocycles. The Bertz CT molecular complexity index is 804. The fourth-order valence-corrected chi connectivity index (χ4v) is 3.94. The monoisotopic (exact) mass is 454 g/mol. The highest BCUT2D eigenvalue weighted by atomic mass is 16.5. The molecule has 0 aromatic heterocycles. The molecule has 33 heavy (non-hydrogen) atoms. The molecule has 5 heteroatoms. The number of carboxylic acid groups (broad SMARTS) is 1. The quantitative estimate of drug-likeness (QED) is 0.340. The maximum absolute atomic E-state index is 11.7. The van der Waals surface area contributed by atoms with Crippen molar-refractivity contribution >= 4 is 17.3 Å². The number of anilines is 2. The molecule has 182 valence electrons. The first-order valence-electron chi connectivity index (χ1n) is 12.7. The van der Waals surface area contributed by atoms with Gasteiger partial charge in [-0.25, -0.2) is 4.79 Å². The summed E-state index contributed by atoms with van der Waals surface area (Å²) in [4.78, 5) is 14.0. The van der Waals surface area contributed by atoms with E-state index in [9.17, 15) is 9.90 Å². The molecule has 5 nitrogen and oxygen atoms in total. The van der Waals surface area contributed by atoms with E-state index in [4.69, 9.17) is 4.74 Å². The van der Waals surface area contributed by atoms with E-state index in [1.54, 1.807) is 12.1 Å². The molecule has 1 aliphatic carbocycles. The van der Waals surface area contributed by atoms with Crippen LogP contribution in [0, 0.1) is 0 Å². The van der Waals surface area contributed by atoms with Crippen molar-refractivity contribution in [3.63, 3.8) is 0 Å². The second-order valence-corrected chi connectivity index (χ2v) is 8.58. The summed E-state index contributed by atoms with van der Waals surface area (Å²) in [6, 6.07) is 13.0. The molecule has 2 aromatic rings. The predicted molar refractivity (Wildman–Crippen MR) is 139 cm³/mol. The third-order valence-electron chi connectivity index (χ3n) is 5.80. The van der Waals surface area contributed by atoms with Crippen molar-refractivity contribution in [1.29, 1.82) is 0 Å². The van der Waals surface area contributed by atoms with Gasteiger partial charge in [-0.1, -0.05) is 77.0 Å². The molecule has 0 heterocycles. The Morgan fingerprint density at radius 2 is 1.52 bits per heavy atom. The largest absolute Gasteiger partial charge is 0.478 e. The molecular weight excluding hydrogens is 412 g/mol. The van der Waals surface area contributed by atoms with Crippen molar-refractivity contribution < 1.29 is 14.6 Å². The van der Waals surface area contributed by atoms with Crippen LogP contribution in [0.5, 0.6) is 11.5 Å². The summed E-state index contributed by atoms with van der Waals surface area (Å²) in [5.74, 6) is 0.486. The number of unbranched alkanes of at least 4 members (excludes halogenated alkanes) is 2. The third-order valence-corrected chi connectivity index (χ3v) is 5.80. The number of hydrogen-bond donors (Lipinski definition) is 2. The summed E-state index contributed by atoms with van der Waals surface area (Å²) >= 11 is 0. The number of carbonyl (C=O) groups is 1. The lowest BCUT2D eigenvalue weighted by Crippen LogP contribution is -2.26. The predicted octanol–water partition coefficient (Wildman–Crippen LogP) is 7.97. The van der Waals surface area contributed by atoms with Gasteiger partial charge in [-0.05, 0) is 44.0 Å². The smallest absolute Gasteiger partial charge is 0.335 e. The second kappa shape index (κ2) is 15.2. The lowest BCUT2D eigenvalue weighted by Gasteiger charge is -2.28. The minimum atomic E-state index is -0.933. The van der Waals surface area contributed by atoms with E-state index in [2.05, 4.69) is 24.1 Å². The first kappa shape index (κ1) is 26.6. The van der Waals surface area contributed by atoms with Gasteiger partial charge in [0.05, 0.1) is 16.9 Å². The van der Waals surface area contributed by atoms with Crippen molar-refractivity contribution in [2.24, 2.45) is 0 Å². The Morgan fingerprint density at radius 1 is 0.939 bits per heavy atom. The van der Waals surface area contributed by atoms with Crippen LogP contribution in [-0.4, -0.2) is 30.7 Å². The molecule has 2 aromatic carbocycles. The molecule has 1 saturated carbocycles. The molecular formula is C28H42N2O3. The van der Waals surface area contributed by atoms with Crippen LogP contribution in [0.15, 0.2) is 42.5 Å². The number of nitrogens with zero attached hydrogens (tertiary/aromatic N) is 1. The zero-order chi connectivity index (χ0) is 23.9. The Morgan fingerprint density at radius 3 is 2.00 bits per heavy atom. The topological polar surface area (TPSA) is 61.8 Å². The average Bonchev–Trinajstić information content (AvgIpc) is 3.41. The number of benzene rings is 2. The van der Waals surface area contributed by atoms with Gasteiger partial charge < -0.3 is 20.1 Å². The van der Waals surface area contributed by atoms with Crippen LogP contribution < -0.4 is 15.0 Å². The molecule has 0 radical (unpaired) electrons. The van der Waals surface area contributed by atoms with Crippen molar-refractivity contribution in [3.8, 4) is 11.5 Å². The summed E-state index contributed by atoms with van der Waals surface area (Å²) < 4.78 is 6.27. The zero-order valence-electron chi connectivity index (χ0n) is 20.7. The lowest BCUT2D eigenvalue weighted by molar-refractivity contribution is 0.0697. The minimum Gasteiger partial charge on any atom is -0.478 e. The first-order valence-corrected chi connectivity index (χ1v) is 12.7. The van der Waals surface area contributed by atoms with Gasteiger partial charge in [0.1, 0.15) is 5.75 Å². The van der Waals surface area contributed by atoms with Crippen LogP contribution in [0.2, 0.25) is 0 Å². The maximum atomic E-state index is 11.7. The fraction of sp³-hybridized carbons (Fsp3) is 0.536. The Hall–Kier alpha value is -2.69. The number of nitrogens with one attached hydrogen (secondary N) is 1. The van der Waals surface area contributed by atoms with Crippen LogP contribution >= 0.6 is 0 Å². The van der Waals surface area contributed by atoms with Crippen LogP contribution in [0.25, 0.3) is 0 Å². The van der Waals surface area contributed by atoms with Crippen molar-refractivity contribution in [3.05, 3.63) is 48.0 Å². The Kier molecular flexibility index (Phi) is 12.2. The highest BCUT2D eigenvalue weighted by Crippen LogP contribution is 2.41. The molecule has 0 bridgehead atoms. The normalized spacial score (nSPS) is 12.6. The third kappa shape index (κ3) is 8.99. The number of ether oxygens (including phenoxy) is 1. The zero-order valence-corrected chi connectivity index (χ0v) is 20.7. The standard InChI is InChI=1S/C23H32N2O3.C5H10/c1-4-7-14-25(15-8-5-2)21-17-18(23(26)27)16-20(24-6-3)22(21)28-19-12-10-9-11-13-19;1-2-4-5-3-1/h9-13,16-17,24H,4-8,14-15H2,1-3H3,(H,26,27);1-5H2. The van der Waals surface area contributed by atoms with E-state index < -0.39 is 5.97 Å².